The number of rotatable bonds is 5. The van der Waals surface area contributed by atoms with Crippen LogP contribution in [-0.2, 0) is 6.54 Å². The first kappa shape index (κ1) is 17.4. The lowest BCUT2D eigenvalue weighted by Crippen LogP contribution is -2.39. The molecule has 20 heavy (non-hydrogen) atoms. The molecule has 1 aliphatic rings. The van der Waals surface area contributed by atoms with Crippen molar-refractivity contribution in [1.82, 2.24) is 10.2 Å². The smallest absolute Gasteiger partial charge is 0.127 e. The van der Waals surface area contributed by atoms with Crippen LogP contribution in [0, 0.1) is 11.7 Å². The Kier molecular flexibility index (Phi) is 7.49. The van der Waals surface area contributed by atoms with Crippen LogP contribution in [-0.4, -0.2) is 30.6 Å². The van der Waals surface area contributed by atoms with E-state index in [1.165, 1.54) is 12.8 Å². The Bertz CT molecular complexity index is 392. The molecule has 0 amide bonds. The average Bonchev–Trinajstić information content (AvgIpc) is 2.41. The summed E-state index contributed by atoms with van der Waals surface area (Å²) >= 11 is 0. The fourth-order valence-electron chi connectivity index (χ4n) is 2.70. The second kappa shape index (κ2) is 8.60. The SMILES string of the molecule is CC(C)N(Cc1ccccc1F)CC1CCNCC1.Cl. The van der Waals surface area contributed by atoms with Gasteiger partial charge in [0.1, 0.15) is 5.82 Å². The Balaban J connectivity index is 0.00000200. The molecule has 4 heteroatoms. The minimum Gasteiger partial charge on any atom is -0.317 e. The second-order valence-corrected chi connectivity index (χ2v) is 5.81. The number of hydrogen-bond donors (Lipinski definition) is 1. The zero-order valence-corrected chi connectivity index (χ0v) is 13.3. The fraction of sp³-hybridized carbons (Fsp3) is 0.625. The predicted molar refractivity (Wildman–Crippen MR) is 84.8 cm³/mol. The van der Waals surface area contributed by atoms with E-state index < -0.39 is 0 Å². The van der Waals surface area contributed by atoms with Gasteiger partial charge in [-0.15, -0.1) is 12.4 Å². The normalized spacial score (nSPS) is 16.4. The van der Waals surface area contributed by atoms with Crippen molar-refractivity contribution in [2.75, 3.05) is 19.6 Å². The number of nitrogens with one attached hydrogen (secondary N) is 1. The van der Waals surface area contributed by atoms with Crippen LogP contribution in [0.2, 0.25) is 0 Å². The molecule has 1 aromatic rings. The van der Waals surface area contributed by atoms with Crippen molar-refractivity contribution in [3.8, 4) is 0 Å². The Morgan fingerprint density at radius 2 is 1.90 bits per heavy atom. The predicted octanol–water partition coefficient (Wildman–Crippen LogP) is 3.46. The highest BCUT2D eigenvalue weighted by molar-refractivity contribution is 5.85. The van der Waals surface area contributed by atoms with Gasteiger partial charge in [0.05, 0.1) is 0 Å². The molecule has 0 spiro atoms. The highest BCUT2D eigenvalue weighted by Crippen LogP contribution is 2.18. The zero-order chi connectivity index (χ0) is 13.7. The topological polar surface area (TPSA) is 15.3 Å². The van der Waals surface area contributed by atoms with E-state index in [0.29, 0.717) is 12.6 Å². The van der Waals surface area contributed by atoms with Gasteiger partial charge in [0.2, 0.25) is 0 Å². The zero-order valence-electron chi connectivity index (χ0n) is 12.4. The number of hydrogen-bond acceptors (Lipinski definition) is 2. The third-order valence-corrected chi connectivity index (χ3v) is 4.01. The van der Waals surface area contributed by atoms with Gasteiger partial charge < -0.3 is 5.32 Å². The molecule has 1 heterocycles. The summed E-state index contributed by atoms with van der Waals surface area (Å²) in [6.07, 6.45) is 2.47. The molecule has 114 valence electrons. The molecule has 1 N–H and O–H groups in total. The van der Waals surface area contributed by atoms with Crippen LogP contribution in [0.1, 0.15) is 32.3 Å². The first-order valence-corrected chi connectivity index (χ1v) is 7.35. The van der Waals surface area contributed by atoms with E-state index in [0.717, 1.165) is 31.1 Å². The molecule has 0 saturated carbocycles. The van der Waals surface area contributed by atoms with E-state index in [1.807, 2.05) is 12.1 Å². The van der Waals surface area contributed by atoms with E-state index in [4.69, 9.17) is 0 Å². The van der Waals surface area contributed by atoms with Crippen molar-refractivity contribution < 1.29 is 4.39 Å². The van der Waals surface area contributed by atoms with Crippen molar-refractivity contribution in [2.45, 2.75) is 39.3 Å². The quantitative estimate of drug-likeness (QED) is 0.896. The summed E-state index contributed by atoms with van der Waals surface area (Å²) in [5.74, 6) is 0.661. The van der Waals surface area contributed by atoms with Gasteiger partial charge in [-0.1, -0.05) is 18.2 Å². The average molecular weight is 301 g/mol. The third kappa shape index (κ3) is 5.04. The summed E-state index contributed by atoms with van der Waals surface area (Å²) in [7, 11) is 0. The lowest BCUT2D eigenvalue weighted by Gasteiger charge is -2.32. The summed E-state index contributed by atoms with van der Waals surface area (Å²) in [5, 5.41) is 3.40. The van der Waals surface area contributed by atoms with Crippen LogP contribution in [0.25, 0.3) is 0 Å². The molecule has 0 atom stereocenters. The molecule has 1 saturated heterocycles. The second-order valence-electron chi connectivity index (χ2n) is 5.81. The molecule has 1 aromatic carbocycles. The molecule has 0 aliphatic carbocycles. The number of piperidine rings is 1. The molecule has 2 rings (SSSR count). The molecule has 1 fully saturated rings. The fourth-order valence-corrected chi connectivity index (χ4v) is 2.70. The van der Waals surface area contributed by atoms with Gasteiger partial charge in [0, 0.05) is 24.7 Å². The molecule has 2 nitrogen and oxygen atoms in total. The van der Waals surface area contributed by atoms with Crippen molar-refractivity contribution in [1.29, 1.82) is 0 Å². The van der Waals surface area contributed by atoms with E-state index in [9.17, 15) is 4.39 Å². The molecule has 0 radical (unpaired) electrons. The Labute approximate surface area is 128 Å². The van der Waals surface area contributed by atoms with E-state index in [2.05, 4.69) is 24.1 Å². The van der Waals surface area contributed by atoms with Crippen molar-refractivity contribution >= 4 is 12.4 Å². The van der Waals surface area contributed by atoms with Crippen LogP contribution < -0.4 is 5.32 Å². The van der Waals surface area contributed by atoms with Gasteiger partial charge in [-0.2, -0.15) is 0 Å². The Morgan fingerprint density at radius 3 is 2.50 bits per heavy atom. The lowest BCUT2D eigenvalue weighted by molar-refractivity contribution is 0.160. The van der Waals surface area contributed by atoms with Gasteiger partial charge in [-0.25, -0.2) is 4.39 Å². The van der Waals surface area contributed by atoms with Crippen LogP contribution in [0.15, 0.2) is 24.3 Å². The summed E-state index contributed by atoms with van der Waals surface area (Å²) in [6.45, 7) is 8.43. The largest absolute Gasteiger partial charge is 0.317 e. The van der Waals surface area contributed by atoms with E-state index >= 15 is 0 Å². The minimum atomic E-state index is -0.0848. The first-order valence-electron chi connectivity index (χ1n) is 7.35. The maximum atomic E-state index is 13.8. The molecule has 1 aliphatic heterocycles. The van der Waals surface area contributed by atoms with Gasteiger partial charge in [0.15, 0.2) is 0 Å². The molecule has 0 unspecified atom stereocenters. The summed E-state index contributed by atoms with van der Waals surface area (Å²) in [6, 6.07) is 7.58. The maximum absolute atomic E-state index is 13.8. The van der Waals surface area contributed by atoms with Gasteiger partial charge in [-0.3, -0.25) is 4.90 Å². The lowest BCUT2D eigenvalue weighted by atomic mass is 9.96. The molecular weight excluding hydrogens is 275 g/mol. The first-order chi connectivity index (χ1) is 9.16. The van der Waals surface area contributed by atoms with Gasteiger partial charge in [-0.05, 0) is 51.8 Å². The van der Waals surface area contributed by atoms with Gasteiger partial charge in [0.25, 0.3) is 0 Å². The molecular formula is C16H26ClFN2. The van der Waals surface area contributed by atoms with Crippen LogP contribution >= 0.6 is 12.4 Å². The molecule has 0 aromatic heterocycles. The summed E-state index contributed by atoms with van der Waals surface area (Å²) in [5.41, 5.74) is 0.810. The minimum absolute atomic E-state index is 0. The summed E-state index contributed by atoms with van der Waals surface area (Å²) in [4.78, 5) is 2.40. The Hall–Kier alpha value is -0.640. The Morgan fingerprint density at radius 1 is 1.25 bits per heavy atom. The van der Waals surface area contributed by atoms with Crippen molar-refractivity contribution in [3.63, 3.8) is 0 Å². The van der Waals surface area contributed by atoms with Crippen molar-refractivity contribution in [2.24, 2.45) is 5.92 Å². The van der Waals surface area contributed by atoms with E-state index in [-0.39, 0.29) is 18.2 Å². The highest BCUT2D eigenvalue weighted by Gasteiger charge is 2.19. The van der Waals surface area contributed by atoms with E-state index in [1.54, 1.807) is 12.1 Å². The van der Waals surface area contributed by atoms with Crippen LogP contribution in [0.4, 0.5) is 4.39 Å². The number of benzene rings is 1. The number of nitrogens with zero attached hydrogens (tertiary/aromatic N) is 1. The summed E-state index contributed by atoms with van der Waals surface area (Å²) < 4.78 is 13.8. The molecule has 0 bridgehead atoms. The van der Waals surface area contributed by atoms with Crippen LogP contribution in [0.3, 0.4) is 0 Å². The number of halogens is 2. The van der Waals surface area contributed by atoms with Gasteiger partial charge >= 0.3 is 0 Å². The maximum Gasteiger partial charge on any atom is 0.127 e. The standard InChI is InChI=1S/C16H25FN2.ClH/c1-13(2)19(11-14-7-9-18-10-8-14)12-15-5-3-4-6-16(15)17;/h3-6,13-14,18H,7-12H2,1-2H3;1H. The van der Waals surface area contributed by atoms with Crippen LogP contribution in [0.5, 0.6) is 0 Å². The third-order valence-electron chi connectivity index (χ3n) is 4.01. The highest BCUT2D eigenvalue weighted by atomic mass is 35.5. The van der Waals surface area contributed by atoms with Crippen molar-refractivity contribution in [3.05, 3.63) is 35.6 Å². The monoisotopic (exact) mass is 300 g/mol.